The third-order valence-corrected chi connectivity index (χ3v) is 9.81. The van der Waals surface area contributed by atoms with E-state index >= 15 is 0 Å². The average molecular weight is 845 g/mol. The lowest BCUT2D eigenvalue weighted by atomic mass is 10.1. The van der Waals surface area contributed by atoms with Gasteiger partial charge in [0.15, 0.2) is 6.10 Å². The van der Waals surface area contributed by atoms with E-state index in [-0.39, 0.29) is 31.1 Å². The monoisotopic (exact) mass is 845 g/mol. The second-order valence-corrected chi connectivity index (χ2v) is 15.6. The maximum Gasteiger partial charge on any atom is 0.306 e. The summed E-state index contributed by atoms with van der Waals surface area (Å²) in [6.07, 6.45) is 65.0. The van der Waals surface area contributed by atoms with Gasteiger partial charge in [-0.25, -0.2) is 0 Å². The van der Waals surface area contributed by atoms with Crippen LogP contribution in [0.1, 0.15) is 201 Å². The van der Waals surface area contributed by atoms with Crippen molar-refractivity contribution >= 4 is 17.9 Å². The zero-order valence-corrected chi connectivity index (χ0v) is 39.1. The van der Waals surface area contributed by atoms with Crippen LogP contribution in [0.3, 0.4) is 0 Å². The predicted octanol–water partition coefficient (Wildman–Crippen LogP) is 16.0. The molecule has 0 aliphatic rings. The summed E-state index contributed by atoms with van der Waals surface area (Å²) in [5.74, 6) is -0.972. The number of carbonyl (C=O) groups excluding carboxylic acids is 3. The van der Waals surface area contributed by atoms with Crippen LogP contribution in [0.4, 0.5) is 0 Å². The van der Waals surface area contributed by atoms with Crippen LogP contribution in [-0.4, -0.2) is 37.2 Å². The van der Waals surface area contributed by atoms with Crippen molar-refractivity contribution in [2.75, 3.05) is 13.2 Å². The van der Waals surface area contributed by atoms with Gasteiger partial charge in [-0.05, 0) is 103 Å². The molecule has 1 unspecified atom stereocenters. The zero-order valence-electron chi connectivity index (χ0n) is 39.1. The van der Waals surface area contributed by atoms with Gasteiger partial charge in [-0.2, -0.15) is 0 Å². The number of carbonyl (C=O) groups is 3. The number of unbranched alkanes of at least 4 members (excludes halogenated alkanes) is 15. The van der Waals surface area contributed by atoms with Crippen molar-refractivity contribution in [1.82, 2.24) is 0 Å². The predicted molar refractivity (Wildman–Crippen MR) is 260 cm³/mol. The molecule has 0 heterocycles. The highest BCUT2D eigenvalue weighted by Crippen LogP contribution is 2.13. The number of rotatable bonds is 42. The fourth-order valence-corrected chi connectivity index (χ4v) is 6.23. The number of ether oxygens (including phenoxy) is 3. The lowest BCUT2D eigenvalue weighted by Gasteiger charge is -2.18. The Balaban J connectivity index is 4.50. The van der Waals surface area contributed by atoms with Gasteiger partial charge in [0.05, 0.1) is 0 Å². The summed E-state index contributed by atoms with van der Waals surface area (Å²) in [5.41, 5.74) is 0. The molecule has 0 bridgehead atoms. The largest absolute Gasteiger partial charge is 0.462 e. The van der Waals surface area contributed by atoms with Gasteiger partial charge in [-0.15, -0.1) is 0 Å². The van der Waals surface area contributed by atoms with Crippen LogP contribution in [-0.2, 0) is 28.6 Å². The summed E-state index contributed by atoms with van der Waals surface area (Å²) in [6.45, 7) is 6.21. The maximum atomic E-state index is 12.8. The van der Waals surface area contributed by atoms with Crippen molar-refractivity contribution in [1.29, 1.82) is 0 Å². The molecule has 0 aliphatic heterocycles. The number of hydrogen-bond donors (Lipinski definition) is 0. The summed E-state index contributed by atoms with van der Waals surface area (Å²) < 4.78 is 16.7. The van der Waals surface area contributed by atoms with Gasteiger partial charge in [-0.3, -0.25) is 14.4 Å². The molecule has 0 aromatic heterocycles. The standard InChI is InChI=1S/C55H88O6/c1-4-7-10-13-16-19-22-25-27-28-31-33-36-39-42-45-48-54(57)60-51-52(50-59-53(56)47-44-41-38-35-32-29-24-21-18-15-12-9-6-3)61-55(58)49-46-43-40-37-34-30-26-23-20-17-14-11-8-5-2/h7-12,15-21,24-25,27,31,33,52H,4-6,13-14,22-23,26,28-30,32,34-51H2,1-3H3/b10-7-,11-8-,12-9-,18-15-,19-16-,20-17-,24-21-,27-25-,33-31-. The molecule has 0 spiro atoms. The van der Waals surface area contributed by atoms with Crippen LogP contribution in [0.25, 0.3) is 0 Å². The Morgan fingerprint density at radius 3 is 1.11 bits per heavy atom. The van der Waals surface area contributed by atoms with Crippen molar-refractivity contribution in [3.05, 3.63) is 109 Å². The Bertz CT molecular complexity index is 1290. The van der Waals surface area contributed by atoms with Crippen molar-refractivity contribution in [3.8, 4) is 0 Å². The number of esters is 3. The summed E-state index contributed by atoms with van der Waals surface area (Å²) in [6, 6.07) is 0. The first-order valence-corrected chi connectivity index (χ1v) is 24.4. The van der Waals surface area contributed by atoms with Crippen LogP contribution >= 0.6 is 0 Å². The van der Waals surface area contributed by atoms with Crippen molar-refractivity contribution in [2.24, 2.45) is 0 Å². The van der Waals surface area contributed by atoms with Crippen LogP contribution in [0.2, 0.25) is 0 Å². The second kappa shape index (κ2) is 48.7. The van der Waals surface area contributed by atoms with Crippen LogP contribution in [0.15, 0.2) is 109 Å². The fraction of sp³-hybridized carbons (Fsp3) is 0.618. The Hall–Kier alpha value is -3.93. The maximum absolute atomic E-state index is 12.8. The van der Waals surface area contributed by atoms with Crippen molar-refractivity contribution in [2.45, 2.75) is 207 Å². The van der Waals surface area contributed by atoms with E-state index in [1.165, 1.54) is 25.7 Å². The zero-order chi connectivity index (χ0) is 44.4. The summed E-state index contributed by atoms with van der Waals surface area (Å²) in [7, 11) is 0. The molecule has 0 aromatic carbocycles. The Labute approximate surface area is 374 Å². The van der Waals surface area contributed by atoms with E-state index in [2.05, 4.69) is 130 Å². The van der Waals surface area contributed by atoms with Gasteiger partial charge in [0.1, 0.15) is 13.2 Å². The molecule has 344 valence electrons. The molecule has 0 aliphatic carbocycles. The van der Waals surface area contributed by atoms with Gasteiger partial charge in [0.2, 0.25) is 0 Å². The second-order valence-electron chi connectivity index (χ2n) is 15.6. The van der Waals surface area contributed by atoms with Crippen molar-refractivity contribution < 1.29 is 28.6 Å². The smallest absolute Gasteiger partial charge is 0.306 e. The highest BCUT2D eigenvalue weighted by molar-refractivity contribution is 5.71. The molecular formula is C55H88O6. The van der Waals surface area contributed by atoms with E-state index in [4.69, 9.17) is 14.2 Å². The topological polar surface area (TPSA) is 78.9 Å². The lowest BCUT2D eigenvalue weighted by Crippen LogP contribution is -2.30. The first kappa shape index (κ1) is 57.1. The van der Waals surface area contributed by atoms with E-state index in [0.717, 1.165) is 135 Å². The molecule has 0 N–H and O–H groups in total. The quantitative estimate of drug-likeness (QED) is 0.0200. The molecule has 0 amide bonds. The highest BCUT2D eigenvalue weighted by Gasteiger charge is 2.19. The number of hydrogen-bond acceptors (Lipinski definition) is 6. The minimum atomic E-state index is -0.805. The molecule has 6 nitrogen and oxygen atoms in total. The van der Waals surface area contributed by atoms with Gasteiger partial charge >= 0.3 is 17.9 Å². The molecule has 0 rings (SSSR count). The van der Waals surface area contributed by atoms with Gasteiger partial charge in [0.25, 0.3) is 0 Å². The first-order chi connectivity index (χ1) is 30.0. The molecule has 0 fully saturated rings. The van der Waals surface area contributed by atoms with E-state index in [1.807, 2.05) is 0 Å². The molecular weight excluding hydrogens is 757 g/mol. The lowest BCUT2D eigenvalue weighted by molar-refractivity contribution is -0.167. The minimum absolute atomic E-state index is 0.105. The van der Waals surface area contributed by atoms with Crippen LogP contribution in [0, 0.1) is 0 Å². The van der Waals surface area contributed by atoms with E-state index < -0.39 is 6.10 Å². The molecule has 0 saturated heterocycles. The molecule has 0 radical (unpaired) electrons. The van der Waals surface area contributed by atoms with Crippen LogP contribution in [0.5, 0.6) is 0 Å². The van der Waals surface area contributed by atoms with E-state index in [1.54, 1.807) is 0 Å². The Morgan fingerprint density at radius 1 is 0.344 bits per heavy atom. The minimum Gasteiger partial charge on any atom is -0.462 e. The molecule has 0 aromatic rings. The van der Waals surface area contributed by atoms with Gasteiger partial charge in [-0.1, -0.05) is 188 Å². The van der Waals surface area contributed by atoms with Gasteiger partial charge < -0.3 is 14.2 Å². The fourth-order valence-electron chi connectivity index (χ4n) is 6.23. The third-order valence-electron chi connectivity index (χ3n) is 9.81. The molecule has 1 atom stereocenters. The summed E-state index contributed by atoms with van der Waals surface area (Å²) in [5, 5.41) is 0. The summed E-state index contributed by atoms with van der Waals surface area (Å²) in [4.78, 5) is 37.9. The van der Waals surface area contributed by atoms with Crippen LogP contribution < -0.4 is 0 Å². The highest BCUT2D eigenvalue weighted by atomic mass is 16.6. The molecule has 0 saturated carbocycles. The molecule has 6 heteroatoms. The van der Waals surface area contributed by atoms with E-state index in [0.29, 0.717) is 19.3 Å². The summed E-state index contributed by atoms with van der Waals surface area (Å²) >= 11 is 0. The van der Waals surface area contributed by atoms with Crippen molar-refractivity contribution in [3.63, 3.8) is 0 Å². The average Bonchev–Trinajstić information content (AvgIpc) is 3.26. The normalized spacial score (nSPS) is 13.0. The SMILES string of the molecule is CC\C=C/C=C\C=C/CCCCCCCC(=O)OCC(COC(=O)CCCCC/C=C\C/C=C\C/C=C\C/C=C\CC)OC(=O)CCCCCCCCC/C=C\C/C=C\CC. The Morgan fingerprint density at radius 2 is 0.672 bits per heavy atom. The Kier molecular flexibility index (Phi) is 45.6. The van der Waals surface area contributed by atoms with E-state index in [9.17, 15) is 14.4 Å². The molecule has 61 heavy (non-hydrogen) atoms. The third kappa shape index (κ3) is 47.0. The number of allylic oxidation sites excluding steroid dienone is 18. The van der Waals surface area contributed by atoms with Gasteiger partial charge in [0, 0.05) is 19.3 Å². The first-order valence-electron chi connectivity index (χ1n) is 24.4.